The van der Waals surface area contributed by atoms with Gasteiger partial charge in [-0.1, -0.05) is 67.0 Å². The number of unbranched alkanes of at least 4 members (excludes halogenated alkanes) is 1. The normalized spacial score (nSPS) is 13.7. The van der Waals surface area contributed by atoms with Crippen molar-refractivity contribution < 1.29 is 0 Å². The fourth-order valence-electron chi connectivity index (χ4n) is 4.12. The van der Waals surface area contributed by atoms with E-state index >= 15 is 0 Å². The van der Waals surface area contributed by atoms with Gasteiger partial charge in [0.25, 0.3) is 0 Å². The summed E-state index contributed by atoms with van der Waals surface area (Å²) >= 11 is 0. The van der Waals surface area contributed by atoms with Gasteiger partial charge in [0.2, 0.25) is 0 Å². The van der Waals surface area contributed by atoms with Crippen LogP contribution in [0.2, 0.25) is 16.6 Å². The molecule has 0 aliphatic heterocycles. The molecule has 0 aromatic heterocycles. The lowest BCUT2D eigenvalue weighted by molar-refractivity contribution is 0.413. The first kappa shape index (κ1) is 18.9. The minimum Gasteiger partial charge on any atom is -0.319 e. The zero-order chi connectivity index (χ0) is 15.1. The summed E-state index contributed by atoms with van der Waals surface area (Å²) in [6.45, 7) is 21.6. The van der Waals surface area contributed by atoms with Gasteiger partial charge in [0.1, 0.15) is 8.24 Å². The minimum absolute atomic E-state index is 0.814. The van der Waals surface area contributed by atoms with Crippen LogP contribution in [0.1, 0.15) is 68.2 Å². The van der Waals surface area contributed by atoms with E-state index in [1.807, 2.05) is 0 Å². The van der Waals surface area contributed by atoms with Gasteiger partial charge >= 0.3 is 0 Å². The van der Waals surface area contributed by atoms with E-state index in [1.54, 1.807) is 0 Å². The van der Waals surface area contributed by atoms with Crippen molar-refractivity contribution in [1.82, 2.24) is 4.57 Å². The SMILES string of the molecule is CC=CCN(CCCC)[Si](C(C)C)(C(C)C)C(C)C. The van der Waals surface area contributed by atoms with Gasteiger partial charge < -0.3 is 4.57 Å². The summed E-state index contributed by atoms with van der Waals surface area (Å²) in [6, 6.07) is 0. The lowest BCUT2D eigenvalue weighted by Crippen LogP contribution is -2.60. The van der Waals surface area contributed by atoms with Crippen LogP contribution in [0.3, 0.4) is 0 Å². The first-order valence-electron chi connectivity index (χ1n) is 8.21. The zero-order valence-electron chi connectivity index (χ0n) is 14.7. The van der Waals surface area contributed by atoms with Crippen molar-refractivity contribution in [3.63, 3.8) is 0 Å². The van der Waals surface area contributed by atoms with Crippen molar-refractivity contribution in [2.75, 3.05) is 13.1 Å². The first-order chi connectivity index (χ1) is 8.85. The lowest BCUT2D eigenvalue weighted by atomic mass is 10.3. The van der Waals surface area contributed by atoms with Gasteiger partial charge in [-0.25, -0.2) is 0 Å². The van der Waals surface area contributed by atoms with Crippen LogP contribution in [0, 0.1) is 0 Å². The van der Waals surface area contributed by atoms with Gasteiger partial charge in [-0.05, 0) is 36.5 Å². The summed E-state index contributed by atoms with van der Waals surface area (Å²) in [6.07, 6.45) is 7.19. The van der Waals surface area contributed by atoms with Gasteiger partial charge in [0.05, 0.1) is 0 Å². The lowest BCUT2D eigenvalue weighted by Gasteiger charge is -2.51. The molecular formula is C17H37NSi. The molecule has 0 unspecified atom stereocenters. The van der Waals surface area contributed by atoms with Crippen LogP contribution in [-0.2, 0) is 0 Å². The van der Waals surface area contributed by atoms with Crippen LogP contribution in [-0.4, -0.2) is 25.9 Å². The molecule has 0 fully saturated rings. The van der Waals surface area contributed by atoms with Crippen molar-refractivity contribution in [1.29, 1.82) is 0 Å². The summed E-state index contributed by atoms with van der Waals surface area (Å²) in [5, 5.41) is 0. The topological polar surface area (TPSA) is 3.24 Å². The van der Waals surface area contributed by atoms with E-state index in [0.717, 1.165) is 23.2 Å². The number of rotatable bonds is 9. The Kier molecular flexibility index (Phi) is 8.92. The predicted molar refractivity (Wildman–Crippen MR) is 92.3 cm³/mol. The van der Waals surface area contributed by atoms with Crippen molar-refractivity contribution in [3.05, 3.63) is 12.2 Å². The molecule has 0 saturated heterocycles. The molecule has 0 atom stereocenters. The highest BCUT2D eigenvalue weighted by molar-refractivity contribution is 6.81. The Hall–Kier alpha value is -0.0831. The molecule has 0 aliphatic rings. The maximum absolute atomic E-state index is 2.89. The molecule has 0 bridgehead atoms. The van der Waals surface area contributed by atoms with E-state index in [4.69, 9.17) is 0 Å². The molecule has 114 valence electrons. The maximum atomic E-state index is 2.89. The van der Waals surface area contributed by atoms with Gasteiger partial charge in [0.15, 0.2) is 0 Å². The second-order valence-corrected chi connectivity index (χ2v) is 12.6. The average Bonchev–Trinajstić information content (AvgIpc) is 2.31. The third-order valence-electron chi connectivity index (χ3n) is 4.67. The van der Waals surface area contributed by atoms with Crippen LogP contribution in [0.5, 0.6) is 0 Å². The molecule has 0 aromatic rings. The molecule has 0 saturated carbocycles. The molecule has 0 aliphatic carbocycles. The van der Waals surface area contributed by atoms with E-state index in [9.17, 15) is 0 Å². The molecule has 19 heavy (non-hydrogen) atoms. The van der Waals surface area contributed by atoms with E-state index in [2.05, 4.69) is 72.1 Å². The molecule has 0 aromatic carbocycles. The Balaban J connectivity index is 5.43. The van der Waals surface area contributed by atoms with Crippen LogP contribution in [0.25, 0.3) is 0 Å². The number of nitrogens with zero attached hydrogens (tertiary/aromatic N) is 1. The van der Waals surface area contributed by atoms with Crippen molar-refractivity contribution >= 4 is 8.24 Å². The molecule has 0 spiro atoms. The molecule has 1 nitrogen and oxygen atoms in total. The Labute approximate surface area is 123 Å². The van der Waals surface area contributed by atoms with Crippen molar-refractivity contribution in [3.8, 4) is 0 Å². The summed E-state index contributed by atoms with van der Waals surface area (Å²) in [5.74, 6) is 0. The smallest absolute Gasteiger partial charge is 0.136 e. The van der Waals surface area contributed by atoms with Gasteiger partial charge in [0, 0.05) is 6.54 Å². The van der Waals surface area contributed by atoms with Gasteiger partial charge in [-0.2, -0.15) is 0 Å². The summed E-state index contributed by atoms with van der Waals surface area (Å²) in [4.78, 5) is 0. The molecule has 2 heteroatoms. The van der Waals surface area contributed by atoms with Gasteiger partial charge in [-0.15, -0.1) is 0 Å². The van der Waals surface area contributed by atoms with E-state index in [-0.39, 0.29) is 0 Å². The monoisotopic (exact) mass is 283 g/mol. The summed E-state index contributed by atoms with van der Waals surface area (Å²) < 4.78 is 2.89. The standard InChI is InChI=1S/C17H37NSi/c1-9-11-13-18(14-12-10-2)19(15(3)4,16(5)6)17(7)8/h9,11,15-17H,10,12-14H2,1-8H3. The predicted octanol–water partition coefficient (Wildman–Crippen LogP) is 5.84. The fourth-order valence-corrected chi connectivity index (χ4v) is 11.3. The second kappa shape index (κ2) is 8.96. The van der Waals surface area contributed by atoms with E-state index in [1.165, 1.54) is 19.4 Å². The van der Waals surface area contributed by atoms with Gasteiger partial charge in [-0.3, -0.25) is 0 Å². The molecule has 0 N–H and O–H groups in total. The number of hydrogen-bond acceptors (Lipinski definition) is 1. The molecule has 0 amide bonds. The molecule has 0 radical (unpaired) electrons. The molecule has 0 heterocycles. The quantitative estimate of drug-likeness (QED) is 0.379. The third-order valence-corrected chi connectivity index (χ3v) is 11.7. The van der Waals surface area contributed by atoms with Crippen molar-refractivity contribution in [2.45, 2.75) is 84.9 Å². The van der Waals surface area contributed by atoms with Crippen molar-refractivity contribution in [2.24, 2.45) is 0 Å². The number of allylic oxidation sites excluding steroid dienone is 1. The number of hydrogen-bond donors (Lipinski definition) is 0. The Morgan fingerprint density at radius 1 is 0.947 bits per heavy atom. The minimum atomic E-state index is -1.45. The third kappa shape index (κ3) is 4.46. The summed E-state index contributed by atoms with van der Waals surface area (Å²) in [5.41, 5.74) is 2.44. The highest BCUT2D eigenvalue weighted by atomic mass is 28.3. The zero-order valence-corrected chi connectivity index (χ0v) is 15.7. The van der Waals surface area contributed by atoms with Crippen LogP contribution in [0.4, 0.5) is 0 Å². The Bertz CT molecular complexity index is 234. The van der Waals surface area contributed by atoms with Crippen LogP contribution >= 0.6 is 0 Å². The Morgan fingerprint density at radius 2 is 1.42 bits per heavy atom. The summed E-state index contributed by atoms with van der Waals surface area (Å²) in [7, 11) is -1.45. The largest absolute Gasteiger partial charge is 0.319 e. The van der Waals surface area contributed by atoms with E-state index in [0.29, 0.717) is 0 Å². The highest BCUT2D eigenvalue weighted by Crippen LogP contribution is 2.43. The van der Waals surface area contributed by atoms with E-state index < -0.39 is 8.24 Å². The fraction of sp³-hybridized carbons (Fsp3) is 0.882. The highest BCUT2D eigenvalue weighted by Gasteiger charge is 2.47. The molecule has 0 rings (SSSR count). The first-order valence-corrected chi connectivity index (χ1v) is 10.4. The average molecular weight is 284 g/mol. The molecular weight excluding hydrogens is 246 g/mol. The Morgan fingerprint density at radius 3 is 1.74 bits per heavy atom. The maximum Gasteiger partial charge on any atom is 0.136 e. The van der Waals surface area contributed by atoms with Crippen LogP contribution in [0.15, 0.2) is 12.2 Å². The second-order valence-electron chi connectivity index (χ2n) is 6.72. The van der Waals surface area contributed by atoms with Crippen LogP contribution < -0.4 is 0 Å².